The molecule has 4 heterocycles. The largest absolute Gasteiger partial charge is 0.325 e. The highest BCUT2D eigenvalue weighted by Gasteiger charge is 2.54. The van der Waals surface area contributed by atoms with Crippen LogP contribution in [0.2, 0.25) is 0 Å². The third-order valence-corrected chi connectivity index (χ3v) is 6.47. The fourth-order valence-corrected chi connectivity index (χ4v) is 5.09. The van der Waals surface area contributed by atoms with Gasteiger partial charge in [0.05, 0.1) is 16.4 Å². The average molecular weight is 405 g/mol. The number of hydrogen-bond donors (Lipinski definition) is 2. The number of para-hydroxylation sites is 1. The number of carbonyl (C=O) groups is 2. The number of fused-ring (bicyclic) bond motifs is 5. The highest BCUT2D eigenvalue weighted by molar-refractivity contribution is 7.20. The van der Waals surface area contributed by atoms with Crippen molar-refractivity contribution in [2.45, 2.75) is 11.8 Å². The minimum absolute atomic E-state index is 0.117. The number of anilines is 2. The first kappa shape index (κ1) is 16.4. The van der Waals surface area contributed by atoms with Crippen LogP contribution in [0, 0.1) is 5.82 Å². The summed E-state index contributed by atoms with van der Waals surface area (Å²) in [6.07, 6.45) is 1.44. The van der Waals surface area contributed by atoms with Gasteiger partial charge >= 0.3 is 0 Å². The molecule has 0 bridgehead atoms. The van der Waals surface area contributed by atoms with Gasteiger partial charge < -0.3 is 10.6 Å². The summed E-state index contributed by atoms with van der Waals surface area (Å²) in [5.74, 6) is -0.788. The van der Waals surface area contributed by atoms with Gasteiger partial charge in [0.15, 0.2) is 0 Å². The van der Waals surface area contributed by atoms with Crippen molar-refractivity contribution in [2.24, 2.45) is 0 Å². The molecule has 0 unspecified atom stereocenters. The number of thiazole rings is 1. The molecule has 4 aromatic rings. The van der Waals surface area contributed by atoms with Gasteiger partial charge in [0.1, 0.15) is 17.1 Å². The molecule has 0 saturated heterocycles. The number of aromatic nitrogens is 3. The zero-order valence-electron chi connectivity index (χ0n) is 14.8. The molecular formula is C20H12FN5O2S. The summed E-state index contributed by atoms with van der Waals surface area (Å²) in [7, 11) is 0. The maximum absolute atomic E-state index is 14.0. The molecule has 29 heavy (non-hydrogen) atoms. The van der Waals surface area contributed by atoms with Gasteiger partial charge in [0.25, 0.3) is 0 Å². The number of rotatable bonds is 1. The Hall–Kier alpha value is -3.59. The van der Waals surface area contributed by atoms with Crippen molar-refractivity contribution in [1.82, 2.24) is 14.8 Å². The van der Waals surface area contributed by atoms with Gasteiger partial charge in [0.2, 0.25) is 16.9 Å². The van der Waals surface area contributed by atoms with E-state index in [2.05, 4.69) is 20.7 Å². The zero-order chi connectivity index (χ0) is 19.8. The maximum atomic E-state index is 14.0. The standard InChI is InChI=1S/C20H12FN5O2S/c21-10-5-6-13-11(7-10)20(18(28)23-13)8-16(27)25-17-12(20)9-22-26(17)19-24-14-3-1-2-4-15(14)29-19/h1-7,9H,8H2,(H,23,28)(H,25,27)/t20-/m0/s1. The Balaban J connectivity index is 1.60. The van der Waals surface area contributed by atoms with Gasteiger partial charge in [-0.25, -0.2) is 9.37 Å². The molecule has 1 spiro atoms. The molecule has 2 aromatic heterocycles. The number of halogens is 1. The van der Waals surface area contributed by atoms with Crippen molar-refractivity contribution in [3.8, 4) is 5.13 Å². The molecular weight excluding hydrogens is 393 g/mol. The van der Waals surface area contributed by atoms with Gasteiger partial charge in [-0.3, -0.25) is 9.59 Å². The predicted molar refractivity (Wildman–Crippen MR) is 106 cm³/mol. The summed E-state index contributed by atoms with van der Waals surface area (Å²) in [6, 6.07) is 11.8. The summed E-state index contributed by atoms with van der Waals surface area (Å²) in [5.41, 5.74) is 0.981. The molecule has 2 aliphatic rings. The van der Waals surface area contributed by atoms with E-state index in [9.17, 15) is 14.0 Å². The number of amides is 2. The smallest absolute Gasteiger partial charge is 0.240 e. The van der Waals surface area contributed by atoms with Crippen LogP contribution in [0.5, 0.6) is 0 Å². The first-order valence-corrected chi connectivity index (χ1v) is 9.74. The van der Waals surface area contributed by atoms with Crippen molar-refractivity contribution in [3.05, 3.63) is 65.6 Å². The molecule has 2 amide bonds. The minimum Gasteiger partial charge on any atom is -0.325 e. The molecule has 0 saturated carbocycles. The van der Waals surface area contributed by atoms with Crippen molar-refractivity contribution >= 4 is 44.9 Å². The van der Waals surface area contributed by atoms with E-state index in [-0.39, 0.29) is 18.2 Å². The summed E-state index contributed by atoms with van der Waals surface area (Å²) < 4.78 is 16.5. The molecule has 0 fully saturated rings. The molecule has 7 nitrogen and oxygen atoms in total. The van der Waals surface area contributed by atoms with Gasteiger partial charge in [0, 0.05) is 17.7 Å². The Morgan fingerprint density at radius 3 is 2.83 bits per heavy atom. The first-order valence-electron chi connectivity index (χ1n) is 8.92. The number of hydrogen-bond acceptors (Lipinski definition) is 5. The van der Waals surface area contributed by atoms with E-state index < -0.39 is 11.2 Å². The van der Waals surface area contributed by atoms with Crippen molar-refractivity contribution < 1.29 is 14.0 Å². The predicted octanol–water partition coefficient (Wildman–Crippen LogP) is 3.20. The fraction of sp³-hybridized carbons (Fsp3) is 0.100. The number of nitrogens with one attached hydrogen (secondary N) is 2. The monoisotopic (exact) mass is 405 g/mol. The molecule has 1 atom stereocenters. The highest BCUT2D eigenvalue weighted by Crippen LogP contribution is 2.50. The highest BCUT2D eigenvalue weighted by atomic mass is 32.1. The lowest BCUT2D eigenvalue weighted by atomic mass is 9.72. The van der Waals surface area contributed by atoms with Crippen LogP contribution < -0.4 is 10.6 Å². The third-order valence-electron chi connectivity index (χ3n) is 5.45. The van der Waals surface area contributed by atoms with Crippen LogP contribution in [0.3, 0.4) is 0 Å². The number of benzene rings is 2. The second-order valence-corrected chi connectivity index (χ2v) is 8.07. The summed E-state index contributed by atoms with van der Waals surface area (Å²) in [5, 5.41) is 10.6. The Kier molecular flexibility index (Phi) is 3.09. The second-order valence-electron chi connectivity index (χ2n) is 7.06. The molecule has 9 heteroatoms. The summed E-state index contributed by atoms with van der Waals surface area (Å²) in [6.45, 7) is 0. The van der Waals surface area contributed by atoms with E-state index in [1.165, 1.54) is 34.2 Å². The van der Waals surface area contributed by atoms with E-state index >= 15 is 0 Å². The van der Waals surface area contributed by atoms with Crippen LogP contribution in [0.1, 0.15) is 17.5 Å². The van der Waals surface area contributed by atoms with Crippen LogP contribution in [0.25, 0.3) is 15.3 Å². The molecule has 2 N–H and O–H groups in total. The lowest BCUT2D eigenvalue weighted by molar-refractivity contribution is -0.125. The zero-order valence-corrected chi connectivity index (χ0v) is 15.6. The van der Waals surface area contributed by atoms with Crippen LogP contribution in [-0.4, -0.2) is 26.6 Å². The SMILES string of the molecule is O=C1C[C@@]2(C(=O)Nc3ccc(F)cc32)c2cnn(-c3nc4ccccc4s3)c2N1. The second kappa shape index (κ2) is 5.48. The van der Waals surface area contributed by atoms with Crippen LogP contribution in [0.15, 0.2) is 48.7 Å². The van der Waals surface area contributed by atoms with E-state index in [4.69, 9.17) is 0 Å². The Morgan fingerprint density at radius 1 is 1.10 bits per heavy atom. The molecule has 142 valence electrons. The summed E-state index contributed by atoms with van der Waals surface area (Å²) in [4.78, 5) is 30.3. The minimum atomic E-state index is -1.32. The normalized spacial score (nSPS) is 19.9. The summed E-state index contributed by atoms with van der Waals surface area (Å²) >= 11 is 1.43. The van der Waals surface area contributed by atoms with Gasteiger partial charge in [-0.15, -0.1) is 0 Å². The van der Waals surface area contributed by atoms with Crippen LogP contribution >= 0.6 is 11.3 Å². The van der Waals surface area contributed by atoms with E-state index in [1.54, 1.807) is 6.20 Å². The Bertz CT molecular complexity index is 1330. The lowest BCUT2D eigenvalue weighted by Gasteiger charge is -2.31. The van der Waals surface area contributed by atoms with E-state index in [1.807, 2.05) is 24.3 Å². The van der Waals surface area contributed by atoms with Crippen molar-refractivity contribution in [3.63, 3.8) is 0 Å². The molecule has 0 radical (unpaired) electrons. The number of carbonyl (C=O) groups excluding carboxylic acids is 2. The third kappa shape index (κ3) is 2.10. The number of nitrogens with zero attached hydrogens (tertiary/aromatic N) is 3. The maximum Gasteiger partial charge on any atom is 0.240 e. The fourth-order valence-electron chi connectivity index (χ4n) is 4.16. The van der Waals surface area contributed by atoms with Gasteiger partial charge in [-0.05, 0) is 35.9 Å². The Labute approximate surface area is 167 Å². The van der Waals surface area contributed by atoms with Crippen molar-refractivity contribution in [2.75, 3.05) is 10.6 Å². The van der Waals surface area contributed by atoms with Crippen LogP contribution in [0.4, 0.5) is 15.9 Å². The molecule has 0 aliphatic carbocycles. The van der Waals surface area contributed by atoms with E-state index in [0.29, 0.717) is 27.8 Å². The van der Waals surface area contributed by atoms with Crippen LogP contribution in [-0.2, 0) is 15.0 Å². The van der Waals surface area contributed by atoms with E-state index in [0.717, 1.165) is 10.2 Å². The average Bonchev–Trinajstić information content (AvgIpc) is 3.37. The van der Waals surface area contributed by atoms with Crippen molar-refractivity contribution in [1.29, 1.82) is 0 Å². The molecule has 6 rings (SSSR count). The quantitative estimate of drug-likeness (QED) is 0.509. The topological polar surface area (TPSA) is 88.9 Å². The molecule has 2 aromatic carbocycles. The molecule has 2 aliphatic heterocycles. The Morgan fingerprint density at radius 2 is 1.97 bits per heavy atom. The van der Waals surface area contributed by atoms with Gasteiger partial charge in [-0.1, -0.05) is 23.5 Å². The first-order chi connectivity index (χ1) is 14.1. The van der Waals surface area contributed by atoms with Gasteiger partial charge in [-0.2, -0.15) is 9.78 Å². The lowest BCUT2D eigenvalue weighted by Crippen LogP contribution is -2.43.